The summed E-state index contributed by atoms with van der Waals surface area (Å²) in [7, 11) is -2.45. The maximum absolute atomic E-state index is 13.2. The van der Waals surface area contributed by atoms with Crippen molar-refractivity contribution in [1.29, 1.82) is 0 Å². The van der Waals surface area contributed by atoms with E-state index in [2.05, 4.69) is 10.3 Å². The van der Waals surface area contributed by atoms with Crippen LogP contribution in [0.4, 0.5) is 5.88 Å². The molecule has 0 unspecified atom stereocenters. The van der Waals surface area contributed by atoms with Crippen molar-refractivity contribution in [3.8, 4) is 23.1 Å². The number of aromatic nitrogens is 1. The Labute approximate surface area is 161 Å². The topological polar surface area (TPSA) is 113 Å². The maximum Gasteiger partial charge on any atom is 0.266 e. The van der Waals surface area contributed by atoms with E-state index in [1.807, 2.05) is 0 Å². The highest BCUT2D eigenvalue weighted by atomic mass is 32.2. The zero-order valence-corrected chi connectivity index (χ0v) is 15.8. The smallest absolute Gasteiger partial charge is 0.266 e. The molecule has 3 heterocycles. The Hall–Kier alpha value is -2.98. The molecular weight excluding hydrogens is 388 g/mol. The highest BCUT2D eigenvalue weighted by Crippen LogP contribution is 2.37. The molecule has 0 amide bonds. The highest BCUT2D eigenvalue weighted by molar-refractivity contribution is 7.91. The van der Waals surface area contributed by atoms with Crippen LogP contribution >= 0.6 is 0 Å². The Morgan fingerprint density at radius 1 is 1.18 bits per heavy atom. The zero-order valence-electron chi connectivity index (χ0n) is 15.0. The highest BCUT2D eigenvalue weighted by Gasteiger charge is 2.30. The summed E-state index contributed by atoms with van der Waals surface area (Å²) in [5, 5.41) is 2.66. The van der Waals surface area contributed by atoms with Gasteiger partial charge in [-0.25, -0.2) is 8.42 Å². The minimum atomic E-state index is -4.00. The van der Waals surface area contributed by atoms with Gasteiger partial charge < -0.3 is 28.4 Å². The van der Waals surface area contributed by atoms with Crippen LogP contribution in [-0.4, -0.2) is 46.9 Å². The molecule has 0 fully saturated rings. The first-order valence-corrected chi connectivity index (χ1v) is 10.00. The molecular formula is C18H18N2O7S. The fourth-order valence-electron chi connectivity index (χ4n) is 2.67. The zero-order chi connectivity index (χ0) is 19.6. The molecule has 148 valence electrons. The Kier molecular flexibility index (Phi) is 4.97. The third-order valence-electron chi connectivity index (χ3n) is 4.00. The Morgan fingerprint density at radius 3 is 2.75 bits per heavy atom. The number of rotatable bonds is 7. The van der Waals surface area contributed by atoms with E-state index in [1.165, 1.54) is 18.4 Å². The van der Waals surface area contributed by atoms with Gasteiger partial charge in [-0.05, 0) is 24.3 Å². The molecule has 0 saturated heterocycles. The van der Waals surface area contributed by atoms with E-state index in [-0.39, 0.29) is 21.7 Å². The molecule has 1 aromatic carbocycles. The van der Waals surface area contributed by atoms with Crippen LogP contribution in [0.5, 0.6) is 11.5 Å². The summed E-state index contributed by atoms with van der Waals surface area (Å²) in [5.41, 5.74) is 0. The number of fused-ring (bicyclic) bond motifs is 1. The van der Waals surface area contributed by atoms with Crippen molar-refractivity contribution in [1.82, 2.24) is 4.98 Å². The van der Waals surface area contributed by atoms with Gasteiger partial charge >= 0.3 is 0 Å². The second kappa shape index (κ2) is 7.56. The number of furan rings is 1. The van der Waals surface area contributed by atoms with Crippen molar-refractivity contribution >= 4 is 15.7 Å². The van der Waals surface area contributed by atoms with Crippen molar-refractivity contribution < 1.29 is 31.5 Å². The molecule has 2 aromatic heterocycles. The van der Waals surface area contributed by atoms with E-state index in [1.54, 1.807) is 25.3 Å². The quantitative estimate of drug-likeness (QED) is 0.591. The van der Waals surface area contributed by atoms with Crippen molar-refractivity contribution in [3.63, 3.8) is 0 Å². The molecule has 0 radical (unpaired) electrons. The number of methoxy groups -OCH3 is 1. The minimum Gasteiger partial charge on any atom is -0.486 e. The first kappa shape index (κ1) is 18.4. The number of hydrogen-bond acceptors (Lipinski definition) is 9. The maximum atomic E-state index is 13.2. The summed E-state index contributed by atoms with van der Waals surface area (Å²) in [6.45, 7) is 1.47. The number of benzene rings is 1. The molecule has 0 bridgehead atoms. The van der Waals surface area contributed by atoms with Gasteiger partial charge in [0.2, 0.25) is 20.7 Å². The number of hydrogen-bond donors (Lipinski definition) is 1. The Balaban J connectivity index is 1.75. The molecule has 28 heavy (non-hydrogen) atoms. The average molecular weight is 406 g/mol. The van der Waals surface area contributed by atoms with Gasteiger partial charge in [0.25, 0.3) is 5.89 Å². The molecule has 0 atom stereocenters. The van der Waals surface area contributed by atoms with Crippen LogP contribution in [-0.2, 0) is 14.6 Å². The van der Waals surface area contributed by atoms with E-state index in [0.29, 0.717) is 43.6 Å². The minimum absolute atomic E-state index is 0.0124. The molecule has 1 N–H and O–H groups in total. The van der Waals surface area contributed by atoms with Gasteiger partial charge in [0.05, 0.1) is 17.8 Å². The van der Waals surface area contributed by atoms with Crippen molar-refractivity contribution in [2.45, 2.75) is 9.92 Å². The lowest BCUT2D eigenvalue weighted by atomic mass is 10.3. The molecule has 9 nitrogen and oxygen atoms in total. The third kappa shape index (κ3) is 3.43. The van der Waals surface area contributed by atoms with Gasteiger partial charge in [0, 0.05) is 19.7 Å². The number of sulfone groups is 1. The predicted octanol–water partition coefficient (Wildman–Crippen LogP) is 2.60. The van der Waals surface area contributed by atoms with Gasteiger partial charge in [-0.1, -0.05) is 0 Å². The summed E-state index contributed by atoms with van der Waals surface area (Å²) >= 11 is 0. The van der Waals surface area contributed by atoms with Crippen LogP contribution in [0.25, 0.3) is 11.7 Å². The molecule has 0 saturated carbocycles. The van der Waals surface area contributed by atoms with Gasteiger partial charge in [-0.2, -0.15) is 4.98 Å². The molecule has 1 aliphatic rings. The van der Waals surface area contributed by atoms with Gasteiger partial charge in [0.15, 0.2) is 17.3 Å². The Bertz CT molecular complexity index is 1060. The lowest BCUT2D eigenvalue weighted by Gasteiger charge is -2.18. The van der Waals surface area contributed by atoms with Gasteiger partial charge in [-0.3, -0.25) is 0 Å². The molecule has 0 aliphatic carbocycles. The standard InChI is InChI=1S/C18H18N2O7S/c1-23-8-6-19-17-18(20-16(27-17)14-3-2-7-24-14)28(21,22)12-4-5-13-15(11-12)26-10-9-25-13/h2-5,7,11,19H,6,8-10H2,1H3. The van der Waals surface area contributed by atoms with Crippen LogP contribution in [0.3, 0.4) is 0 Å². The monoisotopic (exact) mass is 406 g/mol. The average Bonchev–Trinajstić information content (AvgIpc) is 3.38. The van der Waals surface area contributed by atoms with Crippen LogP contribution in [0, 0.1) is 0 Å². The second-order valence-electron chi connectivity index (χ2n) is 5.86. The van der Waals surface area contributed by atoms with E-state index in [0.717, 1.165) is 0 Å². The van der Waals surface area contributed by atoms with E-state index < -0.39 is 9.84 Å². The van der Waals surface area contributed by atoms with E-state index >= 15 is 0 Å². The van der Waals surface area contributed by atoms with Crippen LogP contribution in [0.1, 0.15) is 0 Å². The summed E-state index contributed by atoms with van der Waals surface area (Å²) in [4.78, 5) is 4.19. The van der Waals surface area contributed by atoms with Crippen LogP contribution in [0.15, 0.2) is 55.4 Å². The van der Waals surface area contributed by atoms with Crippen LogP contribution in [0.2, 0.25) is 0 Å². The molecule has 3 aromatic rings. The predicted molar refractivity (Wildman–Crippen MR) is 97.5 cm³/mol. The fraction of sp³-hybridized carbons (Fsp3) is 0.278. The van der Waals surface area contributed by atoms with E-state index in [9.17, 15) is 8.42 Å². The fourth-order valence-corrected chi connectivity index (χ4v) is 3.97. The largest absolute Gasteiger partial charge is 0.486 e. The van der Waals surface area contributed by atoms with Crippen molar-refractivity contribution in [2.75, 3.05) is 38.8 Å². The molecule has 1 aliphatic heterocycles. The van der Waals surface area contributed by atoms with Crippen molar-refractivity contribution in [3.05, 3.63) is 36.6 Å². The summed E-state index contributed by atoms with van der Waals surface area (Å²) < 4.78 is 53.3. The molecule has 4 rings (SSSR count). The summed E-state index contributed by atoms with van der Waals surface area (Å²) in [6.07, 6.45) is 1.45. The summed E-state index contributed by atoms with van der Waals surface area (Å²) in [5.74, 6) is 1.26. The number of nitrogens with zero attached hydrogens (tertiary/aromatic N) is 1. The van der Waals surface area contributed by atoms with Crippen molar-refractivity contribution in [2.24, 2.45) is 0 Å². The Morgan fingerprint density at radius 2 is 2.00 bits per heavy atom. The van der Waals surface area contributed by atoms with Gasteiger partial charge in [-0.15, -0.1) is 0 Å². The number of ether oxygens (including phenoxy) is 3. The lowest BCUT2D eigenvalue weighted by Crippen LogP contribution is -2.16. The lowest BCUT2D eigenvalue weighted by molar-refractivity contribution is 0.171. The van der Waals surface area contributed by atoms with E-state index in [4.69, 9.17) is 23.0 Å². The number of oxazole rings is 1. The first-order valence-electron chi connectivity index (χ1n) is 8.52. The number of anilines is 1. The second-order valence-corrected chi connectivity index (χ2v) is 7.72. The molecule has 0 spiro atoms. The molecule has 10 heteroatoms. The normalized spacial score (nSPS) is 13.5. The SMILES string of the molecule is COCCNc1oc(-c2ccco2)nc1S(=O)(=O)c1ccc2c(c1)OCCO2. The first-order chi connectivity index (χ1) is 13.6. The van der Waals surface area contributed by atoms with Crippen LogP contribution < -0.4 is 14.8 Å². The number of nitrogens with one attached hydrogen (secondary N) is 1. The third-order valence-corrected chi connectivity index (χ3v) is 5.66. The summed E-state index contributed by atoms with van der Waals surface area (Å²) in [6, 6.07) is 7.72. The van der Waals surface area contributed by atoms with Gasteiger partial charge in [0.1, 0.15) is 13.2 Å².